The maximum Gasteiger partial charge on any atom is 0.0833 e. The van der Waals surface area contributed by atoms with E-state index >= 15 is 0 Å². The standard InChI is InChI=1S/C19H23ClO/c1-13-16(6-5-7-17(13)20)18(21)12-14-8-10-15(11-9-14)19(2,3)4/h5-11,18,21H,12H2,1-4H3. The summed E-state index contributed by atoms with van der Waals surface area (Å²) in [5.41, 5.74) is 4.45. The Morgan fingerprint density at radius 1 is 1.05 bits per heavy atom. The van der Waals surface area contributed by atoms with E-state index in [0.29, 0.717) is 11.4 Å². The fourth-order valence-electron chi connectivity index (χ4n) is 2.46. The molecule has 1 unspecified atom stereocenters. The van der Waals surface area contributed by atoms with E-state index in [4.69, 9.17) is 11.6 Å². The van der Waals surface area contributed by atoms with Gasteiger partial charge in [-0.3, -0.25) is 0 Å². The first-order chi connectivity index (χ1) is 9.79. The topological polar surface area (TPSA) is 20.2 Å². The van der Waals surface area contributed by atoms with Crippen molar-refractivity contribution in [2.45, 2.75) is 45.6 Å². The number of rotatable bonds is 3. The fourth-order valence-corrected chi connectivity index (χ4v) is 2.64. The highest BCUT2D eigenvalue weighted by atomic mass is 35.5. The Labute approximate surface area is 132 Å². The van der Waals surface area contributed by atoms with Gasteiger partial charge in [-0.15, -0.1) is 0 Å². The predicted molar refractivity (Wildman–Crippen MR) is 90.0 cm³/mol. The van der Waals surface area contributed by atoms with Gasteiger partial charge < -0.3 is 5.11 Å². The minimum atomic E-state index is -0.524. The summed E-state index contributed by atoms with van der Waals surface area (Å²) >= 11 is 6.12. The quantitative estimate of drug-likeness (QED) is 0.824. The van der Waals surface area contributed by atoms with Crippen molar-refractivity contribution < 1.29 is 5.11 Å². The van der Waals surface area contributed by atoms with E-state index in [1.54, 1.807) is 0 Å². The van der Waals surface area contributed by atoms with E-state index in [9.17, 15) is 5.11 Å². The van der Waals surface area contributed by atoms with Crippen molar-refractivity contribution in [3.8, 4) is 0 Å². The molecule has 0 saturated heterocycles. The van der Waals surface area contributed by atoms with Crippen molar-refractivity contribution in [1.29, 1.82) is 0 Å². The first kappa shape index (κ1) is 16.1. The van der Waals surface area contributed by atoms with Crippen LogP contribution in [-0.4, -0.2) is 5.11 Å². The molecule has 0 fully saturated rings. The number of benzene rings is 2. The monoisotopic (exact) mass is 302 g/mol. The second kappa shape index (κ2) is 6.21. The first-order valence-electron chi connectivity index (χ1n) is 7.31. The Morgan fingerprint density at radius 2 is 1.67 bits per heavy atom. The largest absolute Gasteiger partial charge is 0.388 e. The molecule has 112 valence electrons. The highest BCUT2D eigenvalue weighted by molar-refractivity contribution is 6.31. The average Bonchev–Trinajstić information content (AvgIpc) is 2.41. The molecular formula is C19H23ClO. The van der Waals surface area contributed by atoms with Crippen molar-refractivity contribution in [2.75, 3.05) is 0 Å². The third kappa shape index (κ3) is 3.87. The zero-order valence-corrected chi connectivity index (χ0v) is 13.9. The summed E-state index contributed by atoms with van der Waals surface area (Å²) in [4.78, 5) is 0. The lowest BCUT2D eigenvalue weighted by molar-refractivity contribution is 0.177. The van der Waals surface area contributed by atoms with Gasteiger partial charge in [-0.25, -0.2) is 0 Å². The van der Waals surface area contributed by atoms with Gasteiger partial charge >= 0.3 is 0 Å². The second-order valence-electron chi connectivity index (χ2n) is 6.62. The van der Waals surface area contributed by atoms with Crippen LogP contribution in [0.4, 0.5) is 0 Å². The summed E-state index contributed by atoms with van der Waals surface area (Å²) in [7, 11) is 0. The van der Waals surface area contributed by atoms with E-state index in [1.165, 1.54) is 5.56 Å². The van der Waals surface area contributed by atoms with Crippen LogP contribution in [0, 0.1) is 6.92 Å². The van der Waals surface area contributed by atoms with E-state index in [-0.39, 0.29) is 5.41 Å². The van der Waals surface area contributed by atoms with Crippen molar-refractivity contribution in [2.24, 2.45) is 0 Å². The third-order valence-corrected chi connectivity index (χ3v) is 4.33. The first-order valence-corrected chi connectivity index (χ1v) is 7.69. The second-order valence-corrected chi connectivity index (χ2v) is 7.03. The zero-order chi connectivity index (χ0) is 15.6. The SMILES string of the molecule is Cc1c(Cl)cccc1C(O)Cc1ccc(C(C)(C)C)cc1. The molecule has 21 heavy (non-hydrogen) atoms. The highest BCUT2D eigenvalue weighted by Gasteiger charge is 2.15. The normalized spacial score (nSPS) is 13.2. The fraction of sp³-hybridized carbons (Fsp3) is 0.368. The van der Waals surface area contributed by atoms with Crippen molar-refractivity contribution in [1.82, 2.24) is 0 Å². The minimum absolute atomic E-state index is 0.153. The Bertz CT molecular complexity index is 608. The number of hydrogen-bond acceptors (Lipinski definition) is 1. The van der Waals surface area contributed by atoms with Crippen molar-refractivity contribution in [3.05, 3.63) is 69.7 Å². The van der Waals surface area contributed by atoms with Gasteiger partial charge in [0.05, 0.1) is 6.10 Å². The Morgan fingerprint density at radius 3 is 2.24 bits per heavy atom. The van der Waals surface area contributed by atoms with E-state index in [0.717, 1.165) is 16.7 Å². The molecule has 0 aromatic heterocycles. The molecule has 0 heterocycles. The summed E-state index contributed by atoms with van der Waals surface area (Å²) in [6.45, 7) is 8.55. The molecule has 0 spiro atoms. The van der Waals surface area contributed by atoms with Crippen LogP contribution in [0.5, 0.6) is 0 Å². The molecule has 2 aromatic carbocycles. The van der Waals surface area contributed by atoms with Gasteiger partial charge in [0, 0.05) is 11.4 Å². The van der Waals surface area contributed by atoms with E-state index in [2.05, 4.69) is 45.0 Å². The molecule has 0 radical (unpaired) electrons. The zero-order valence-electron chi connectivity index (χ0n) is 13.2. The number of halogens is 1. The maximum atomic E-state index is 10.4. The average molecular weight is 303 g/mol. The molecule has 2 aromatic rings. The number of aliphatic hydroxyl groups excluding tert-OH is 1. The Hall–Kier alpha value is -1.31. The lowest BCUT2D eigenvalue weighted by atomic mass is 9.86. The van der Waals surface area contributed by atoms with E-state index < -0.39 is 6.10 Å². The summed E-state index contributed by atoms with van der Waals surface area (Å²) < 4.78 is 0. The predicted octanol–water partition coefficient (Wildman–Crippen LogP) is 5.22. The van der Waals surface area contributed by atoms with Crippen LogP contribution in [0.3, 0.4) is 0 Å². The van der Waals surface area contributed by atoms with E-state index in [1.807, 2.05) is 25.1 Å². The third-order valence-electron chi connectivity index (χ3n) is 3.92. The minimum Gasteiger partial charge on any atom is -0.388 e. The van der Waals surface area contributed by atoms with Gasteiger partial charge in [-0.1, -0.05) is 68.8 Å². The summed E-state index contributed by atoms with van der Waals surface area (Å²) in [6.07, 6.45) is 0.0789. The van der Waals surface area contributed by atoms with Gasteiger partial charge in [0.15, 0.2) is 0 Å². The van der Waals surface area contributed by atoms with Crippen LogP contribution < -0.4 is 0 Å². The summed E-state index contributed by atoms with van der Waals surface area (Å²) in [5.74, 6) is 0. The molecule has 0 aliphatic rings. The molecule has 2 rings (SSSR count). The Kier molecular flexibility index (Phi) is 4.75. The molecule has 1 atom stereocenters. The molecule has 2 heteroatoms. The molecule has 1 nitrogen and oxygen atoms in total. The van der Waals surface area contributed by atoms with Gasteiger partial charge in [0.2, 0.25) is 0 Å². The van der Waals surface area contributed by atoms with Crippen molar-refractivity contribution >= 4 is 11.6 Å². The molecule has 0 aliphatic heterocycles. The molecule has 0 amide bonds. The molecule has 0 saturated carbocycles. The molecular weight excluding hydrogens is 280 g/mol. The van der Waals surface area contributed by atoms with Crippen LogP contribution in [0.15, 0.2) is 42.5 Å². The number of hydrogen-bond donors (Lipinski definition) is 1. The van der Waals surface area contributed by atoms with Gasteiger partial charge in [-0.05, 0) is 40.7 Å². The van der Waals surface area contributed by atoms with Gasteiger partial charge in [0.1, 0.15) is 0 Å². The Balaban J connectivity index is 2.16. The smallest absolute Gasteiger partial charge is 0.0833 e. The molecule has 1 N–H and O–H groups in total. The molecule has 0 aliphatic carbocycles. The highest BCUT2D eigenvalue weighted by Crippen LogP contribution is 2.27. The van der Waals surface area contributed by atoms with Gasteiger partial charge in [0.25, 0.3) is 0 Å². The van der Waals surface area contributed by atoms with Crippen LogP contribution >= 0.6 is 11.6 Å². The lowest BCUT2D eigenvalue weighted by Crippen LogP contribution is -2.11. The van der Waals surface area contributed by atoms with Crippen LogP contribution in [-0.2, 0) is 11.8 Å². The van der Waals surface area contributed by atoms with Gasteiger partial charge in [-0.2, -0.15) is 0 Å². The maximum absolute atomic E-state index is 10.4. The van der Waals surface area contributed by atoms with Crippen LogP contribution in [0.1, 0.15) is 49.1 Å². The van der Waals surface area contributed by atoms with Crippen molar-refractivity contribution in [3.63, 3.8) is 0 Å². The number of aliphatic hydroxyl groups is 1. The van der Waals surface area contributed by atoms with Crippen LogP contribution in [0.2, 0.25) is 5.02 Å². The van der Waals surface area contributed by atoms with Crippen LogP contribution in [0.25, 0.3) is 0 Å². The summed E-state index contributed by atoms with van der Waals surface area (Å²) in [6, 6.07) is 14.2. The summed E-state index contributed by atoms with van der Waals surface area (Å²) in [5, 5.41) is 11.2. The lowest BCUT2D eigenvalue weighted by Gasteiger charge is -2.20. The molecule has 0 bridgehead atoms.